The van der Waals surface area contributed by atoms with E-state index in [0.717, 1.165) is 5.56 Å². The first-order valence-electron chi connectivity index (χ1n) is 5.38. The number of aryl methyl sites for hydroxylation is 2. The lowest BCUT2D eigenvalue weighted by atomic mass is 10.1. The predicted octanol–water partition coefficient (Wildman–Crippen LogP) is 2.68. The molecule has 0 aliphatic heterocycles. The molecule has 0 saturated carbocycles. The van der Waals surface area contributed by atoms with Crippen LogP contribution in [0.4, 0.5) is 4.79 Å². The molecule has 0 amide bonds. The predicted molar refractivity (Wildman–Crippen MR) is 63.7 cm³/mol. The Kier molecular flexibility index (Phi) is 3.23. The summed E-state index contributed by atoms with van der Waals surface area (Å²) in [6.45, 7) is 4.37. The summed E-state index contributed by atoms with van der Waals surface area (Å²) in [7, 11) is 0. The molecular formula is C13H14N2O2. The van der Waals surface area contributed by atoms with Gasteiger partial charge in [-0.15, -0.1) is 0 Å². The van der Waals surface area contributed by atoms with Gasteiger partial charge in [0, 0.05) is 12.4 Å². The van der Waals surface area contributed by atoms with Gasteiger partial charge in [0.1, 0.15) is 12.9 Å². The highest BCUT2D eigenvalue weighted by Gasteiger charge is 2.05. The molecule has 0 aliphatic carbocycles. The average molecular weight is 230 g/mol. The Morgan fingerprint density at radius 2 is 2.18 bits per heavy atom. The van der Waals surface area contributed by atoms with Crippen molar-refractivity contribution in [1.82, 2.24) is 9.55 Å². The first kappa shape index (κ1) is 11.4. The molecule has 0 bridgehead atoms. The van der Waals surface area contributed by atoms with Crippen molar-refractivity contribution < 1.29 is 9.53 Å². The van der Waals surface area contributed by atoms with Gasteiger partial charge in [0.25, 0.3) is 0 Å². The maximum absolute atomic E-state index is 11.5. The molecule has 1 aromatic heterocycles. The van der Waals surface area contributed by atoms with Gasteiger partial charge in [-0.25, -0.2) is 14.3 Å². The quantitative estimate of drug-likeness (QED) is 0.796. The molecule has 2 aromatic rings. The van der Waals surface area contributed by atoms with Crippen LogP contribution in [0.25, 0.3) is 0 Å². The Morgan fingerprint density at radius 3 is 2.82 bits per heavy atom. The third-order valence-corrected chi connectivity index (χ3v) is 2.65. The van der Waals surface area contributed by atoms with Gasteiger partial charge in [-0.05, 0) is 30.5 Å². The lowest BCUT2D eigenvalue weighted by Crippen LogP contribution is -2.11. The highest BCUT2D eigenvalue weighted by atomic mass is 16.5. The molecule has 0 spiro atoms. The Labute approximate surface area is 99.9 Å². The van der Waals surface area contributed by atoms with Crippen LogP contribution in [-0.2, 0) is 11.3 Å². The van der Waals surface area contributed by atoms with Gasteiger partial charge in [0.05, 0.1) is 0 Å². The van der Waals surface area contributed by atoms with Crippen LogP contribution in [-0.4, -0.2) is 15.6 Å². The molecule has 4 heteroatoms. The number of ether oxygens (including phenoxy) is 1. The van der Waals surface area contributed by atoms with Crippen LogP contribution in [0.15, 0.2) is 36.9 Å². The van der Waals surface area contributed by atoms with E-state index in [1.54, 1.807) is 6.20 Å². The smallest absolute Gasteiger partial charge is 0.419 e. The molecule has 1 aromatic carbocycles. The second-order valence-corrected chi connectivity index (χ2v) is 3.94. The average Bonchev–Trinajstić information content (AvgIpc) is 2.84. The number of nitrogens with zero attached hydrogens (tertiary/aromatic N) is 2. The fraction of sp³-hybridized carbons (Fsp3) is 0.231. The Balaban J connectivity index is 1.98. The highest BCUT2D eigenvalue weighted by molar-refractivity contribution is 5.69. The summed E-state index contributed by atoms with van der Waals surface area (Å²) in [6, 6.07) is 6.01. The van der Waals surface area contributed by atoms with Crippen molar-refractivity contribution in [2.75, 3.05) is 0 Å². The van der Waals surface area contributed by atoms with Crippen molar-refractivity contribution in [3.05, 3.63) is 53.6 Å². The second kappa shape index (κ2) is 4.82. The molecule has 0 radical (unpaired) electrons. The van der Waals surface area contributed by atoms with Gasteiger partial charge in [-0.1, -0.05) is 18.2 Å². The van der Waals surface area contributed by atoms with Gasteiger partial charge < -0.3 is 4.74 Å². The van der Waals surface area contributed by atoms with Gasteiger partial charge in [0.15, 0.2) is 0 Å². The molecule has 0 N–H and O–H groups in total. The molecule has 0 saturated heterocycles. The standard InChI is InChI=1S/C13H14N2O2/c1-10-3-4-12(7-11(10)2)8-17-13(16)15-6-5-14-9-15/h3-7,9H,8H2,1-2H3. The van der Waals surface area contributed by atoms with E-state index in [-0.39, 0.29) is 6.61 Å². The zero-order valence-electron chi connectivity index (χ0n) is 9.88. The number of hydrogen-bond donors (Lipinski definition) is 0. The van der Waals surface area contributed by atoms with Crippen LogP contribution in [0.1, 0.15) is 16.7 Å². The van der Waals surface area contributed by atoms with Crippen LogP contribution in [0.2, 0.25) is 0 Å². The van der Waals surface area contributed by atoms with Crippen LogP contribution in [0, 0.1) is 13.8 Å². The van der Waals surface area contributed by atoms with E-state index in [2.05, 4.69) is 11.9 Å². The fourth-order valence-corrected chi connectivity index (χ4v) is 1.48. The largest absolute Gasteiger partial charge is 0.444 e. The molecule has 2 rings (SSSR count). The van der Waals surface area contributed by atoms with Crippen molar-refractivity contribution >= 4 is 6.09 Å². The number of hydrogen-bond acceptors (Lipinski definition) is 3. The Bertz CT molecular complexity index is 518. The normalized spacial score (nSPS) is 10.2. The monoisotopic (exact) mass is 230 g/mol. The highest BCUT2D eigenvalue weighted by Crippen LogP contribution is 2.11. The molecular weight excluding hydrogens is 216 g/mol. The number of benzene rings is 1. The molecule has 1 heterocycles. The maximum atomic E-state index is 11.5. The zero-order valence-corrected chi connectivity index (χ0v) is 9.88. The van der Waals surface area contributed by atoms with E-state index in [1.807, 2.05) is 25.1 Å². The summed E-state index contributed by atoms with van der Waals surface area (Å²) in [5, 5.41) is 0. The Morgan fingerprint density at radius 1 is 1.35 bits per heavy atom. The van der Waals surface area contributed by atoms with Crippen LogP contribution in [0.3, 0.4) is 0 Å². The molecule has 0 fully saturated rings. The molecule has 0 atom stereocenters. The number of imidazole rings is 1. The van der Waals surface area contributed by atoms with Gasteiger partial charge in [-0.3, -0.25) is 0 Å². The number of carbonyl (C=O) groups is 1. The van der Waals surface area contributed by atoms with E-state index in [0.29, 0.717) is 0 Å². The lowest BCUT2D eigenvalue weighted by Gasteiger charge is -2.07. The summed E-state index contributed by atoms with van der Waals surface area (Å²) in [6.07, 6.45) is 4.10. The zero-order chi connectivity index (χ0) is 12.3. The van der Waals surface area contributed by atoms with Crippen molar-refractivity contribution in [2.45, 2.75) is 20.5 Å². The van der Waals surface area contributed by atoms with Crippen molar-refractivity contribution in [3.8, 4) is 0 Å². The molecule has 4 nitrogen and oxygen atoms in total. The van der Waals surface area contributed by atoms with E-state index >= 15 is 0 Å². The molecule has 17 heavy (non-hydrogen) atoms. The lowest BCUT2D eigenvalue weighted by molar-refractivity contribution is 0.141. The summed E-state index contributed by atoms with van der Waals surface area (Å²) < 4.78 is 6.46. The van der Waals surface area contributed by atoms with E-state index < -0.39 is 6.09 Å². The second-order valence-electron chi connectivity index (χ2n) is 3.94. The first-order valence-corrected chi connectivity index (χ1v) is 5.38. The van der Waals surface area contributed by atoms with Crippen molar-refractivity contribution in [2.24, 2.45) is 0 Å². The topological polar surface area (TPSA) is 44.1 Å². The number of rotatable bonds is 2. The Hall–Kier alpha value is -2.10. The van der Waals surface area contributed by atoms with E-state index in [4.69, 9.17) is 4.74 Å². The van der Waals surface area contributed by atoms with Crippen LogP contribution < -0.4 is 0 Å². The number of carbonyl (C=O) groups excluding carboxylic acids is 1. The third kappa shape index (κ3) is 2.72. The minimum absolute atomic E-state index is 0.276. The summed E-state index contributed by atoms with van der Waals surface area (Å²) in [4.78, 5) is 15.3. The van der Waals surface area contributed by atoms with E-state index in [1.165, 1.54) is 28.2 Å². The van der Waals surface area contributed by atoms with Crippen LogP contribution in [0.5, 0.6) is 0 Å². The minimum atomic E-state index is -0.416. The van der Waals surface area contributed by atoms with E-state index in [9.17, 15) is 4.79 Å². The minimum Gasteiger partial charge on any atom is -0.444 e. The third-order valence-electron chi connectivity index (χ3n) is 2.65. The van der Waals surface area contributed by atoms with Gasteiger partial charge in [-0.2, -0.15) is 0 Å². The molecule has 88 valence electrons. The van der Waals surface area contributed by atoms with Crippen LogP contribution >= 0.6 is 0 Å². The van der Waals surface area contributed by atoms with Gasteiger partial charge >= 0.3 is 6.09 Å². The molecule has 0 aliphatic rings. The maximum Gasteiger partial charge on any atom is 0.419 e. The summed E-state index contributed by atoms with van der Waals surface area (Å²) in [5.74, 6) is 0. The van der Waals surface area contributed by atoms with Gasteiger partial charge in [0.2, 0.25) is 0 Å². The summed E-state index contributed by atoms with van der Waals surface area (Å²) >= 11 is 0. The fourth-order valence-electron chi connectivity index (χ4n) is 1.48. The SMILES string of the molecule is Cc1ccc(COC(=O)n2ccnc2)cc1C. The number of aromatic nitrogens is 2. The first-order chi connectivity index (χ1) is 8.16. The summed E-state index contributed by atoms with van der Waals surface area (Å²) in [5.41, 5.74) is 3.41. The molecule has 0 unspecified atom stereocenters. The van der Waals surface area contributed by atoms with Crippen molar-refractivity contribution in [3.63, 3.8) is 0 Å². The van der Waals surface area contributed by atoms with Crippen molar-refractivity contribution in [1.29, 1.82) is 0 Å².